The molecular weight excluding hydrogens is 356 g/mol. The summed E-state index contributed by atoms with van der Waals surface area (Å²) in [6.07, 6.45) is 2.49. The van der Waals surface area contributed by atoms with E-state index >= 15 is 0 Å². The Morgan fingerprint density at radius 1 is 1.25 bits per heavy atom. The van der Waals surface area contributed by atoms with E-state index in [4.69, 9.17) is 15.6 Å². The Balaban J connectivity index is 2.15. The van der Waals surface area contributed by atoms with Crippen LogP contribution >= 0.6 is 0 Å². The van der Waals surface area contributed by atoms with Crippen LogP contribution in [0.15, 0.2) is 24.3 Å². The maximum Gasteiger partial charge on any atom is 0.310 e. The first-order chi connectivity index (χ1) is 13.4. The van der Waals surface area contributed by atoms with Crippen LogP contribution in [0.5, 0.6) is 0 Å². The van der Waals surface area contributed by atoms with Crippen molar-refractivity contribution in [1.82, 2.24) is 9.97 Å². The molecule has 1 atom stereocenters. The minimum absolute atomic E-state index is 0.159. The molecule has 0 aliphatic heterocycles. The normalized spacial score (nSPS) is 11.9. The molecule has 0 radical (unpaired) electrons. The van der Waals surface area contributed by atoms with Crippen molar-refractivity contribution in [3.8, 4) is 0 Å². The summed E-state index contributed by atoms with van der Waals surface area (Å²) in [5.41, 5.74) is 9.68. The molecule has 0 aliphatic rings. The molecule has 0 saturated heterocycles. The summed E-state index contributed by atoms with van der Waals surface area (Å²) in [5.74, 6) is 0.746. The molecule has 28 heavy (non-hydrogen) atoms. The second-order valence-corrected chi connectivity index (χ2v) is 6.88. The van der Waals surface area contributed by atoms with Gasteiger partial charge in [0.05, 0.1) is 13.0 Å². The molecule has 4 N–H and O–H groups in total. The van der Waals surface area contributed by atoms with Crippen molar-refractivity contribution in [1.29, 1.82) is 0 Å². The number of nitrogens with zero attached hydrogens (tertiary/aromatic N) is 2. The third-order valence-electron chi connectivity index (χ3n) is 4.47. The number of rotatable bonds is 10. The van der Waals surface area contributed by atoms with Gasteiger partial charge < -0.3 is 20.9 Å². The smallest absolute Gasteiger partial charge is 0.310 e. The van der Waals surface area contributed by atoms with Crippen molar-refractivity contribution in [2.45, 2.75) is 52.5 Å². The predicted molar refractivity (Wildman–Crippen MR) is 110 cm³/mol. The highest BCUT2D eigenvalue weighted by Crippen LogP contribution is 2.23. The topological polar surface area (TPSA) is 110 Å². The number of hydrogen-bond acceptors (Lipinski definition) is 7. The number of nitrogens with one attached hydrogen (secondary N) is 1. The first-order valence-electron chi connectivity index (χ1n) is 9.66. The Morgan fingerprint density at radius 2 is 1.93 bits per heavy atom. The summed E-state index contributed by atoms with van der Waals surface area (Å²) >= 11 is 0. The lowest BCUT2D eigenvalue weighted by atomic mass is 10.0. The van der Waals surface area contributed by atoms with Gasteiger partial charge in [0.1, 0.15) is 5.82 Å². The molecule has 1 aromatic carbocycles. The van der Waals surface area contributed by atoms with Gasteiger partial charge in [-0.1, -0.05) is 24.3 Å². The zero-order valence-corrected chi connectivity index (χ0v) is 16.9. The number of anilines is 2. The van der Waals surface area contributed by atoms with Gasteiger partial charge in [-0.3, -0.25) is 4.79 Å². The van der Waals surface area contributed by atoms with Gasteiger partial charge in [-0.15, -0.1) is 0 Å². The lowest BCUT2D eigenvalue weighted by Crippen LogP contribution is -2.19. The molecule has 0 saturated carbocycles. The predicted octanol–water partition coefficient (Wildman–Crippen LogP) is 2.64. The van der Waals surface area contributed by atoms with Crippen LogP contribution in [0.3, 0.4) is 0 Å². The fourth-order valence-electron chi connectivity index (χ4n) is 3.01. The fourth-order valence-corrected chi connectivity index (χ4v) is 3.01. The van der Waals surface area contributed by atoms with Gasteiger partial charge in [0.25, 0.3) is 0 Å². The third-order valence-corrected chi connectivity index (χ3v) is 4.47. The van der Waals surface area contributed by atoms with Crippen molar-refractivity contribution in [2.24, 2.45) is 0 Å². The molecule has 1 unspecified atom stereocenters. The zero-order chi connectivity index (χ0) is 20.5. The second kappa shape index (κ2) is 10.6. The standard InChI is InChI=1S/C21H30N4O3/c1-4-28-19(27)13-17-9-7-16(8-10-17)12-18-15(3)24-21(22)25-20(18)23-14(2)6-5-11-26/h7-10,14,26H,4-6,11-13H2,1-3H3,(H3,22,23,24,25). The summed E-state index contributed by atoms with van der Waals surface area (Å²) in [6, 6.07) is 8.05. The van der Waals surface area contributed by atoms with Gasteiger partial charge in [0.2, 0.25) is 5.95 Å². The van der Waals surface area contributed by atoms with Gasteiger partial charge in [-0.2, -0.15) is 4.98 Å². The molecule has 1 heterocycles. The Labute approximate surface area is 166 Å². The number of nitrogens with two attached hydrogens (primary N) is 1. The number of ether oxygens (including phenoxy) is 1. The van der Waals surface area contributed by atoms with Gasteiger partial charge in [-0.05, 0) is 44.7 Å². The minimum atomic E-state index is -0.221. The van der Waals surface area contributed by atoms with E-state index in [9.17, 15) is 4.79 Å². The Morgan fingerprint density at radius 3 is 2.57 bits per heavy atom. The van der Waals surface area contributed by atoms with Gasteiger partial charge in [0, 0.05) is 30.3 Å². The molecule has 0 amide bonds. The molecule has 7 nitrogen and oxygen atoms in total. The van der Waals surface area contributed by atoms with E-state index in [-0.39, 0.29) is 31.0 Å². The van der Waals surface area contributed by atoms with E-state index in [1.807, 2.05) is 31.2 Å². The number of esters is 1. The van der Waals surface area contributed by atoms with Crippen LogP contribution in [-0.2, 0) is 22.4 Å². The number of aryl methyl sites for hydroxylation is 1. The molecule has 2 rings (SSSR count). The average molecular weight is 386 g/mol. The lowest BCUT2D eigenvalue weighted by Gasteiger charge is -2.18. The van der Waals surface area contributed by atoms with E-state index in [0.717, 1.165) is 41.0 Å². The van der Waals surface area contributed by atoms with E-state index < -0.39 is 0 Å². The van der Waals surface area contributed by atoms with Crippen LogP contribution in [0, 0.1) is 6.92 Å². The first-order valence-corrected chi connectivity index (χ1v) is 9.66. The number of aliphatic hydroxyl groups is 1. The molecule has 7 heteroatoms. The summed E-state index contributed by atoms with van der Waals surface area (Å²) in [4.78, 5) is 20.3. The Kier molecular flexibility index (Phi) is 8.19. The summed E-state index contributed by atoms with van der Waals surface area (Å²) in [5, 5.41) is 12.4. The van der Waals surface area contributed by atoms with Crippen LogP contribution in [0.25, 0.3) is 0 Å². The van der Waals surface area contributed by atoms with Crippen LogP contribution in [0.1, 0.15) is 49.1 Å². The van der Waals surface area contributed by atoms with E-state index in [1.165, 1.54) is 0 Å². The number of aliphatic hydroxyl groups excluding tert-OH is 1. The number of nitrogen functional groups attached to an aromatic ring is 1. The molecular formula is C21H30N4O3. The Hall–Kier alpha value is -2.67. The molecule has 0 fully saturated rings. The zero-order valence-electron chi connectivity index (χ0n) is 16.9. The Bertz CT molecular complexity index is 778. The first kappa shape index (κ1) is 21.6. The van der Waals surface area contributed by atoms with Crippen LogP contribution in [0.4, 0.5) is 11.8 Å². The molecule has 152 valence electrons. The molecule has 0 spiro atoms. The monoisotopic (exact) mass is 386 g/mol. The number of carbonyl (C=O) groups excluding carboxylic acids is 1. The number of aromatic nitrogens is 2. The summed E-state index contributed by atoms with van der Waals surface area (Å²) in [6.45, 7) is 6.33. The van der Waals surface area contributed by atoms with E-state index in [1.54, 1.807) is 6.92 Å². The number of carbonyl (C=O) groups is 1. The van der Waals surface area contributed by atoms with Crippen molar-refractivity contribution >= 4 is 17.7 Å². The molecule has 0 bridgehead atoms. The molecule has 2 aromatic rings. The van der Waals surface area contributed by atoms with E-state index in [0.29, 0.717) is 13.0 Å². The largest absolute Gasteiger partial charge is 0.466 e. The third kappa shape index (κ3) is 6.49. The van der Waals surface area contributed by atoms with Crippen LogP contribution in [-0.4, -0.2) is 40.3 Å². The van der Waals surface area contributed by atoms with Crippen LogP contribution < -0.4 is 11.1 Å². The highest BCUT2D eigenvalue weighted by Gasteiger charge is 2.14. The van der Waals surface area contributed by atoms with Crippen molar-refractivity contribution in [3.05, 3.63) is 46.6 Å². The van der Waals surface area contributed by atoms with E-state index in [2.05, 4.69) is 22.2 Å². The second-order valence-electron chi connectivity index (χ2n) is 6.88. The number of hydrogen-bond donors (Lipinski definition) is 3. The van der Waals surface area contributed by atoms with Crippen LogP contribution in [0.2, 0.25) is 0 Å². The maximum atomic E-state index is 11.6. The number of benzene rings is 1. The summed E-state index contributed by atoms with van der Waals surface area (Å²) in [7, 11) is 0. The van der Waals surface area contributed by atoms with Crippen molar-refractivity contribution in [3.63, 3.8) is 0 Å². The average Bonchev–Trinajstić information content (AvgIpc) is 2.64. The van der Waals surface area contributed by atoms with Crippen molar-refractivity contribution < 1.29 is 14.6 Å². The lowest BCUT2D eigenvalue weighted by molar-refractivity contribution is -0.142. The summed E-state index contributed by atoms with van der Waals surface area (Å²) < 4.78 is 4.99. The van der Waals surface area contributed by atoms with Gasteiger partial charge >= 0.3 is 5.97 Å². The highest BCUT2D eigenvalue weighted by molar-refractivity contribution is 5.72. The molecule has 1 aromatic heterocycles. The fraction of sp³-hybridized carbons (Fsp3) is 0.476. The van der Waals surface area contributed by atoms with Gasteiger partial charge in [0.15, 0.2) is 0 Å². The quantitative estimate of drug-likeness (QED) is 0.538. The minimum Gasteiger partial charge on any atom is -0.466 e. The maximum absolute atomic E-state index is 11.6. The van der Waals surface area contributed by atoms with Crippen molar-refractivity contribution in [2.75, 3.05) is 24.3 Å². The SMILES string of the molecule is CCOC(=O)Cc1ccc(Cc2c(C)nc(N)nc2NC(C)CCCO)cc1. The highest BCUT2D eigenvalue weighted by atomic mass is 16.5. The molecule has 0 aliphatic carbocycles. The van der Waals surface area contributed by atoms with Gasteiger partial charge in [-0.25, -0.2) is 4.98 Å².